The maximum absolute atomic E-state index is 12.5. The van der Waals surface area contributed by atoms with Crippen molar-refractivity contribution < 1.29 is 4.79 Å². The van der Waals surface area contributed by atoms with Gasteiger partial charge in [-0.05, 0) is 37.5 Å². The van der Waals surface area contributed by atoms with Crippen molar-refractivity contribution in [2.75, 3.05) is 6.54 Å². The number of carbonyl (C=O) groups excluding carboxylic acids is 1. The molecule has 2 N–H and O–H groups in total. The molecule has 1 saturated carbocycles. The minimum Gasteiger partial charge on any atom is -0.338 e. The zero-order valence-corrected chi connectivity index (χ0v) is 13.3. The highest BCUT2D eigenvalue weighted by Gasteiger charge is 2.32. The fourth-order valence-electron chi connectivity index (χ4n) is 2.73. The van der Waals surface area contributed by atoms with Crippen LogP contribution in [0.1, 0.15) is 31.7 Å². The number of nitrogens with zero attached hydrogens (tertiary/aromatic N) is 1. The first-order chi connectivity index (χ1) is 9.11. The van der Waals surface area contributed by atoms with Gasteiger partial charge in [-0.25, -0.2) is 0 Å². The third-order valence-electron chi connectivity index (χ3n) is 3.84. The van der Waals surface area contributed by atoms with E-state index >= 15 is 0 Å². The normalized spacial score (nSPS) is 21.4. The molecule has 112 valence electrons. The highest BCUT2D eigenvalue weighted by Crippen LogP contribution is 2.26. The minimum absolute atomic E-state index is 0. The van der Waals surface area contributed by atoms with Crippen molar-refractivity contribution in [3.05, 3.63) is 34.9 Å². The summed E-state index contributed by atoms with van der Waals surface area (Å²) in [7, 11) is 0. The third-order valence-corrected chi connectivity index (χ3v) is 4.08. The van der Waals surface area contributed by atoms with Crippen LogP contribution in [-0.2, 0) is 11.3 Å². The second-order valence-electron chi connectivity index (χ2n) is 5.18. The van der Waals surface area contributed by atoms with Crippen LogP contribution in [0.25, 0.3) is 0 Å². The first-order valence-corrected chi connectivity index (χ1v) is 7.28. The third kappa shape index (κ3) is 4.11. The molecule has 0 aromatic heterocycles. The van der Waals surface area contributed by atoms with Crippen molar-refractivity contribution in [2.24, 2.45) is 11.7 Å². The molecule has 1 aromatic carbocycles. The van der Waals surface area contributed by atoms with E-state index in [1.807, 2.05) is 36.1 Å². The van der Waals surface area contributed by atoms with E-state index in [1.165, 1.54) is 0 Å². The quantitative estimate of drug-likeness (QED) is 0.927. The second kappa shape index (κ2) is 7.87. The van der Waals surface area contributed by atoms with Gasteiger partial charge in [0.15, 0.2) is 0 Å². The van der Waals surface area contributed by atoms with Crippen LogP contribution >= 0.6 is 24.0 Å². The average Bonchev–Trinajstić information content (AvgIpc) is 2.81. The van der Waals surface area contributed by atoms with Gasteiger partial charge in [-0.1, -0.05) is 30.2 Å². The molecule has 2 rings (SSSR count). The van der Waals surface area contributed by atoms with Gasteiger partial charge in [-0.3, -0.25) is 4.79 Å². The number of rotatable bonds is 4. The van der Waals surface area contributed by atoms with E-state index in [2.05, 4.69) is 0 Å². The predicted molar refractivity (Wildman–Crippen MR) is 85.1 cm³/mol. The maximum atomic E-state index is 12.5. The first kappa shape index (κ1) is 17.3. The van der Waals surface area contributed by atoms with Crippen molar-refractivity contribution >= 4 is 29.9 Å². The maximum Gasteiger partial charge on any atom is 0.227 e. The van der Waals surface area contributed by atoms with Crippen LogP contribution in [-0.4, -0.2) is 23.4 Å². The largest absolute Gasteiger partial charge is 0.338 e. The summed E-state index contributed by atoms with van der Waals surface area (Å²) >= 11 is 5.98. The summed E-state index contributed by atoms with van der Waals surface area (Å²) in [5.41, 5.74) is 7.09. The monoisotopic (exact) mass is 316 g/mol. The number of benzene rings is 1. The summed E-state index contributed by atoms with van der Waals surface area (Å²) in [6.07, 6.45) is 2.95. The molecule has 1 aliphatic rings. The molecule has 1 aromatic rings. The van der Waals surface area contributed by atoms with Crippen molar-refractivity contribution in [1.82, 2.24) is 4.90 Å². The number of halogens is 2. The molecule has 5 heteroatoms. The zero-order chi connectivity index (χ0) is 13.8. The predicted octanol–water partition coefficient (Wildman–Crippen LogP) is 3.24. The summed E-state index contributed by atoms with van der Waals surface area (Å²) in [5, 5.41) is 0.707. The Morgan fingerprint density at radius 2 is 2.20 bits per heavy atom. The van der Waals surface area contributed by atoms with Gasteiger partial charge in [-0.15, -0.1) is 12.4 Å². The number of amides is 1. The van der Waals surface area contributed by atoms with Gasteiger partial charge < -0.3 is 10.6 Å². The summed E-state index contributed by atoms with van der Waals surface area (Å²) < 4.78 is 0. The van der Waals surface area contributed by atoms with E-state index in [0.717, 1.165) is 24.8 Å². The van der Waals surface area contributed by atoms with Gasteiger partial charge in [0.25, 0.3) is 0 Å². The van der Waals surface area contributed by atoms with E-state index in [-0.39, 0.29) is 30.3 Å². The molecule has 3 nitrogen and oxygen atoms in total. The molecule has 0 heterocycles. The summed E-state index contributed by atoms with van der Waals surface area (Å²) in [6, 6.07) is 7.69. The van der Waals surface area contributed by atoms with Crippen LogP contribution in [0.15, 0.2) is 24.3 Å². The van der Waals surface area contributed by atoms with Crippen molar-refractivity contribution in [3.8, 4) is 0 Å². The van der Waals surface area contributed by atoms with E-state index in [1.54, 1.807) is 0 Å². The first-order valence-electron chi connectivity index (χ1n) is 6.90. The van der Waals surface area contributed by atoms with E-state index < -0.39 is 0 Å². The SMILES string of the molecule is CCN(Cc1cccc(Cl)c1)C(=O)C1CCCC1N.Cl. The Morgan fingerprint density at radius 1 is 1.45 bits per heavy atom. The molecule has 1 fully saturated rings. The summed E-state index contributed by atoms with van der Waals surface area (Å²) in [6.45, 7) is 3.32. The molecule has 0 aliphatic heterocycles. The Hall–Kier alpha value is -0.770. The summed E-state index contributed by atoms with van der Waals surface area (Å²) in [4.78, 5) is 14.4. The van der Waals surface area contributed by atoms with Crippen LogP contribution in [0.3, 0.4) is 0 Å². The van der Waals surface area contributed by atoms with Crippen LogP contribution in [0.4, 0.5) is 0 Å². The van der Waals surface area contributed by atoms with Gasteiger partial charge in [0.2, 0.25) is 5.91 Å². The lowest BCUT2D eigenvalue weighted by atomic mass is 10.0. The number of carbonyl (C=O) groups is 1. The average molecular weight is 317 g/mol. The lowest BCUT2D eigenvalue weighted by Crippen LogP contribution is -2.41. The number of hydrogen-bond acceptors (Lipinski definition) is 2. The molecular formula is C15H22Cl2N2O. The molecular weight excluding hydrogens is 295 g/mol. The van der Waals surface area contributed by atoms with E-state index in [4.69, 9.17) is 17.3 Å². The van der Waals surface area contributed by atoms with Crippen LogP contribution in [0.2, 0.25) is 5.02 Å². The Morgan fingerprint density at radius 3 is 2.75 bits per heavy atom. The fourth-order valence-corrected chi connectivity index (χ4v) is 2.94. The van der Waals surface area contributed by atoms with Crippen molar-refractivity contribution in [1.29, 1.82) is 0 Å². The van der Waals surface area contributed by atoms with E-state index in [0.29, 0.717) is 18.1 Å². The highest BCUT2D eigenvalue weighted by atomic mass is 35.5. The molecule has 1 amide bonds. The standard InChI is InChI=1S/C15H21ClN2O.ClH/c1-2-18(10-11-5-3-6-12(16)9-11)15(19)13-7-4-8-14(13)17;/h3,5-6,9,13-14H,2,4,7-8,10,17H2,1H3;1H. The smallest absolute Gasteiger partial charge is 0.227 e. The Bertz CT molecular complexity index is 453. The molecule has 0 bridgehead atoms. The topological polar surface area (TPSA) is 46.3 Å². The van der Waals surface area contributed by atoms with Crippen LogP contribution in [0.5, 0.6) is 0 Å². The van der Waals surface area contributed by atoms with Gasteiger partial charge >= 0.3 is 0 Å². The van der Waals surface area contributed by atoms with Crippen LogP contribution in [0, 0.1) is 5.92 Å². The van der Waals surface area contributed by atoms with Gasteiger partial charge in [0.05, 0.1) is 5.92 Å². The summed E-state index contributed by atoms with van der Waals surface area (Å²) in [5.74, 6) is 0.187. The van der Waals surface area contributed by atoms with Gasteiger partial charge in [0, 0.05) is 24.2 Å². The molecule has 2 atom stereocenters. The highest BCUT2D eigenvalue weighted by molar-refractivity contribution is 6.30. The molecule has 1 aliphatic carbocycles. The second-order valence-corrected chi connectivity index (χ2v) is 5.62. The van der Waals surface area contributed by atoms with Crippen molar-refractivity contribution in [2.45, 2.75) is 38.8 Å². The van der Waals surface area contributed by atoms with Crippen LogP contribution < -0.4 is 5.73 Å². The lowest BCUT2D eigenvalue weighted by Gasteiger charge is -2.26. The van der Waals surface area contributed by atoms with Crippen molar-refractivity contribution in [3.63, 3.8) is 0 Å². The Kier molecular flexibility index (Phi) is 6.80. The lowest BCUT2D eigenvalue weighted by molar-refractivity contribution is -0.136. The van der Waals surface area contributed by atoms with E-state index in [9.17, 15) is 4.79 Å². The number of hydrogen-bond donors (Lipinski definition) is 1. The van der Waals surface area contributed by atoms with Gasteiger partial charge in [0.1, 0.15) is 0 Å². The Labute approximate surface area is 131 Å². The molecule has 2 unspecified atom stereocenters. The minimum atomic E-state index is -0.000802. The molecule has 20 heavy (non-hydrogen) atoms. The number of nitrogens with two attached hydrogens (primary N) is 1. The molecule has 0 saturated heterocycles. The fraction of sp³-hybridized carbons (Fsp3) is 0.533. The molecule has 0 spiro atoms. The zero-order valence-electron chi connectivity index (χ0n) is 11.7. The molecule has 0 radical (unpaired) electrons. The Balaban J connectivity index is 0.00000200. The van der Waals surface area contributed by atoms with Gasteiger partial charge in [-0.2, -0.15) is 0 Å².